The second-order valence-electron chi connectivity index (χ2n) is 2.68. The van der Waals surface area contributed by atoms with E-state index in [9.17, 15) is 9.59 Å². The van der Waals surface area contributed by atoms with Crippen molar-refractivity contribution in [2.75, 3.05) is 0 Å². The molecule has 0 aromatic heterocycles. The molecule has 1 aliphatic heterocycles. The van der Waals surface area contributed by atoms with Crippen LogP contribution >= 0.6 is 0 Å². The fraction of sp³-hybridized carbons (Fsp3) is 0.500. The van der Waals surface area contributed by atoms with Gasteiger partial charge >= 0.3 is 0 Å². The highest BCUT2D eigenvalue weighted by atomic mass is 16.2. The smallest absolute Gasteiger partial charge is 0.227 e. The van der Waals surface area contributed by atoms with Crippen molar-refractivity contribution >= 4 is 20.2 Å². The van der Waals surface area contributed by atoms with Gasteiger partial charge in [-0.1, -0.05) is 5.57 Å². The van der Waals surface area contributed by atoms with Crippen LogP contribution in [0, 0.1) is 0 Å². The van der Waals surface area contributed by atoms with Crippen LogP contribution in [-0.4, -0.2) is 20.2 Å². The Kier molecular flexibility index (Phi) is 7.49. The van der Waals surface area contributed by atoms with Gasteiger partial charge in [0.2, 0.25) is 11.8 Å². The van der Waals surface area contributed by atoms with E-state index in [1.165, 1.54) is 5.57 Å². The number of hydrogen-bond acceptors (Lipinski definition) is 2. The zero-order chi connectivity index (χ0) is 8.85. The summed E-state index contributed by atoms with van der Waals surface area (Å²) in [5, 5.41) is 2.14. The fourth-order valence-corrected chi connectivity index (χ4v) is 0.508. The zero-order valence-electron chi connectivity index (χ0n) is 7.52. The Labute approximate surface area is 74.8 Å². The highest BCUT2D eigenvalue weighted by Gasteiger charge is 2.15. The third kappa shape index (κ3) is 8.94. The first kappa shape index (κ1) is 13.5. The fourth-order valence-electron chi connectivity index (χ4n) is 0.508. The number of carbonyl (C=O) groups is 2. The molecule has 1 rings (SSSR count). The van der Waals surface area contributed by atoms with Gasteiger partial charge < -0.3 is 0 Å². The molecule has 12 heavy (non-hydrogen) atoms. The van der Waals surface area contributed by atoms with Crippen molar-refractivity contribution in [3.63, 3.8) is 0 Å². The normalized spacial score (nSPS) is 13.8. The van der Waals surface area contributed by atoms with Gasteiger partial charge in [0.05, 0.1) is 0 Å². The maximum atomic E-state index is 10.1. The Balaban J connectivity index is 0. The summed E-state index contributed by atoms with van der Waals surface area (Å²) >= 11 is 0. The van der Waals surface area contributed by atoms with Crippen LogP contribution in [0.1, 0.15) is 26.7 Å². The van der Waals surface area contributed by atoms with Crippen LogP contribution in [0.5, 0.6) is 0 Å². The Morgan fingerprint density at radius 3 is 1.58 bits per heavy atom. The molecular weight excluding hydrogens is 153 g/mol. The van der Waals surface area contributed by atoms with Crippen molar-refractivity contribution in [3.05, 3.63) is 12.2 Å². The second kappa shape index (κ2) is 6.64. The van der Waals surface area contributed by atoms with E-state index in [0.29, 0.717) is 12.8 Å². The third-order valence-electron chi connectivity index (χ3n) is 0.858. The van der Waals surface area contributed by atoms with Gasteiger partial charge in [0.25, 0.3) is 0 Å². The molecule has 0 aromatic rings. The monoisotopic (exact) mass is 166 g/mol. The van der Waals surface area contributed by atoms with Crippen molar-refractivity contribution in [2.45, 2.75) is 26.7 Å². The summed E-state index contributed by atoms with van der Waals surface area (Å²) in [7, 11) is 0. The predicted octanol–water partition coefficient (Wildman–Crippen LogP) is 0.625. The van der Waals surface area contributed by atoms with Crippen LogP contribution in [0.4, 0.5) is 0 Å². The van der Waals surface area contributed by atoms with Gasteiger partial charge in [-0.3, -0.25) is 14.9 Å². The Morgan fingerprint density at radius 2 is 1.50 bits per heavy atom. The van der Waals surface area contributed by atoms with E-state index in [0.717, 1.165) is 0 Å². The summed E-state index contributed by atoms with van der Waals surface area (Å²) < 4.78 is 0. The number of hydrogen-bond donors (Lipinski definition) is 1. The number of allylic oxidation sites excluding steroid dienone is 1. The van der Waals surface area contributed by atoms with E-state index in [1.54, 1.807) is 0 Å². The molecule has 1 saturated heterocycles. The third-order valence-corrected chi connectivity index (χ3v) is 0.858. The second-order valence-corrected chi connectivity index (χ2v) is 2.68. The predicted molar refractivity (Wildman–Crippen MR) is 48.6 cm³/mol. The Bertz CT molecular complexity index is 171. The molecule has 4 heteroatoms. The molecule has 3 radical (unpaired) electrons. The molecule has 0 spiro atoms. The molecule has 1 N–H and O–H groups in total. The lowest BCUT2D eigenvalue weighted by atomic mass is 10.4. The van der Waals surface area contributed by atoms with E-state index < -0.39 is 0 Å². The van der Waals surface area contributed by atoms with Crippen molar-refractivity contribution in [1.29, 1.82) is 0 Å². The van der Waals surface area contributed by atoms with Gasteiger partial charge in [0.1, 0.15) is 0 Å². The van der Waals surface area contributed by atoms with Gasteiger partial charge in [0.15, 0.2) is 0 Å². The lowest BCUT2D eigenvalue weighted by Crippen LogP contribution is -2.18. The standard InChI is InChI=1S/C4H5NO2.C4H8.B/c6-3-1-2-4(7)5-3;1-4(2)3;/h1-2H2,(H,5,6,7);1H2,2-3H3;. The maximum Gasteiger partial charge on any atom is 0.227 e. The van der Waals surface area contributed by atoms with Crippen LogP contribution < -0.4 is 5.32 Å². The largest absolute Gasteiger partial charge is 0.296 e. The molecular formula is C8H13BNO2. The van der Waals surface area contributed by atoms with Gasteiger partial charge in [-0.2, -0.15) is 0 Å². The average Bonchev–Trinajstić information content (AvgIpc) is 2.13. The minimum absolute atomic E-state index is 0. The molecule has 0 aliphatic carbocycles. The summed E-state index contributed by atoms with van der Waals surface area (Å²) in [5.74, 6) is -0.296. The minimum atomic E-state index is -0.148. The van der Waals surface area contributed by atoms with Crippen molar-refractivity contribution in [2.24, 2.45) is 0 Å². The highest BCUT2D eigenvalue weighted by molar-refractivity contribution is 6.01. The molecule has 0 saturated carbocycles. The molecule has 0 aromatic carbocycles. The molecule has 0 unspecified atom stereocenters. The first-order chi connectivity index (χ1) is 5.02. The molecule has 0 atom stereocenters. The molecule has 2 amide bonds. The summed E-state index contributed by atoms with van der Waals surface area (Å²) in [6, 6.07) is 0. The molecule has 1 fully saturated rings. The Morgan fingerprint density at radius 1 is 1.25 bits per heavy atom. The van der Waals surface area contributed by atoms with E-state index in [4.69, 9.17) is 0 Å². The first-order valence-corrected chi connectivity index (χ1v) is 3.47. The SMILES string of the molecule is C=C(C)C.O=C1CCC(=O)N1.[B]. The number of carbonyl (C=O) groups excluding carboxylic acids is 2. The number of nitrogens with one attached hydrogen (secondary N) is 1. The van der Waals surface area contributed by atoms with Gasteiger partial charge in [-0.25, -0.2) is 0 Å². The first-order valence-electron chi connectivity index (χ1n) is 3.47. The van der Waals surface area contributed by atoms with Crippen LogP contribution in [0.25, 0.3) is 0 Å². The number of imide groups is 1. The summed E-state index contributed by atoms with van der Waals surface area (Å²) in [5.41, 5.74) is 1.17. The molecule has 65 valence electrons. The van der Waals surface area contributed by atoms with Crippen LogP contribution in [-0.2, 0) is 9.59 Å². The summed E-state index contributed by atoms with van der Waals surface area (Å²) in [6.45, 7) is 7.50. The van der Waals surface area contributed by atoms with Crippen LogP contribution in [0.3, 0.4) is 0 Å². The minimum Gasteiger partial charge on any atom is -0.296 e. The van der Waals surface area contributed by atoms with E-state index in [2.05, 4.69) is 11.9 Å². The van der Waals surface area contributed by atoms with E-state index in [1.807, 2.05) is 13.8 Å². The van der Waals surface area contributed by atoms with Crippen molar-refractivity contribution in [1.82, 2.24) is 5.32 Å². The van der Waals surface area contributed by atoms with Gasteiger partial charge in [-0.15, -0.1) is 6.58 Å². The van der Waals surface area contributed by atoms with Gasteiger partial charge in [-0.05, 0) is 13.8 Å². The van der Waals surface area contributed by atoms with E-state index >= 15 is 0 Å². The Hall–Kier alpha value is -1.06. The lowest BCUT2D eigenvalue weighted by molar-refractivity contribution is -0.124. The van der Waals surface area contributed by atoms with E-state index in [-0.39, 0.29) is 20.2 Å². The molecule has 1 heterocycles. The number of amides is 2. The topological polar surface area (TPSA) is 46.2 Å². The van der Waals surface area contributed by atoms with Crippen LogP contribution in [0.15, 0.2) is 12.2 Å². The highest BCUT2D eigenvalue weighted by Crippen LogP contribution is 1.95. The van der Waals surface area contributed by atoms with Crippen molar-refractivity contribution < 1.29 is 9.59 Å². The van der Waals surface area contributed by atoms with Gasteiger partial charge in [0, 0.05) is 21.3 Å². The van der Waals surface area contributed by atoms with Crippen LogP contribution in [0.2, 0.25) is 0 Å². The summed E-state index contributed by atoms with van der Waals surface area (Å²) in [4.78, 5) is 20.2. The van der Waals surface area contributed by atoms with Crippen molar-refractivity contribution in [3.8, 4) is 0 Å². The molecule has 3 nitrogen and oxygen atoms in total. The molecule has 1 aliphatic rings. The number of rotatable bonds is 0. The zero-order valence-corrected chi connectivity index (χ0v) is 7.52. The maximum absolute atomic E-state index is 10.1. The average molecular weight is 166 g/mol. The lowest BCUT2D eigenvalue weighted by Gasteiger charge is -1.79. The molecule has 0 bridgehead atoms. The quantitative estimate of drug-likeness (QED) is 0.325. The summed E-state index contributed by atoms with van der Waals surface area (Å²) in [6.07, 6.45) is 0.748.